The third-order valence-corrected chi connectivity index (χ3v) is 18.0. The number of hydrogen-bond donors (Lipinski definition) is 6. The monoisotopic (exact) mass is 1230 g/mol. The molecule has 0 bridgehead atoms. The van der Waals surface area contributed by atoms with E-state index < -0.39 is 67.4 Å². The minimum Gasteiger partial charge on any atom is -0.454 e. The Morgan fingerprint density at radius 3 is 1.20 bits per heavy atom. The standard InChI is InChI=1S/C76H143NO10/c1-4-7-10-13-16-19-22-25-27-29-31-33-35-37-39-41-43-46-49-52-55-58-61-64-71(81)87-74-73(83)72(82)70(65-78)86-76(74)85-66-67(68(79)62-59-56-53-50-47-44-24-21-18-15-12-9-6-3)77-75(84)69(80)63-60-57-54-51-48-45-42-40-38-36-34-32-30-28-26-23-20-17-14-11-8-5-2/h16,19,25,27,59,62,67-70,72-74,76,78-80,82-83H,4-15,17-18,20-24,26,28-58,60-61,63-66H2,1-3H3,(H,77,84)/b19-16-,27-25-,62-59+. The molecule has 6 N–H and O–H groups in total. The highest BCUT2D eigenvalue weighted by atomic mass is 16.7. The summed E-state index contributed by atoms with van der Waals surface area (Å²) in [6.07, 6.45) is 69.0. The summed E-state index contributed by atoms with van der Waals surface area (Å²) in [6.45, 7) is 5.84. The maximum atomic E-state index is 13.5. The van der Waals surface area contributed by atoms with E-state index in [1.54, 1.807) is 6.08 Å². The van der Waals surface area contributed by atoms with Gasteiger partial charge in [-0.3, -0.25) is 9.59 Å². The molecule has 0 aromatic heterocycles. The Hall–Kier alpha value is -2.12. The Labute approximate surface area is 536 Å². The van der Waals surface area contributed by atoms with Gasteiger partial charge >= 0.3 is 5.97 Å². The molecule has 8 unspecified atom stereocenters. The molecule has 0 saturated carbocycles. The van der Waals surface area contributed by atoms with Gasteiger partial charge in [0.2, 0.25) is 5.91 Å². The van der Waals surface area contributed by atoms with E-state index >= 15 is 0 Å². The maximum absolute atomic E-state index is 13.5. The fourth-order valence-electron chi connectivity index (χ4n) is 12.1. The van der Waals surface area contributed by atoms with Crippen LogP contribution in [0.3, 0.4) is 0 Å². The first-order chi connectivity index (χ1) is 42.7. The van der Waals surface area contributed by atoms with E-state index in [2.05, 4.69) is 50.4 Å². The molecule has 1 fully saturated rings. The zero-order valence-electron chi connectivity index (χ0n) is 57.2. The number of nitrogens with one attached hydrogen (secondary N) is 1. The van der Waals surface area contributed by atoms with Gasteiger partial charge in [0.15, 0.2) is 12.4 Å². The molecule has 1 aliphatic rings. The van der Waals surface area contributed by atoms with Crippen molar-refractivity contribution in [3.8, 4) is 0 Å². The molecule has 1 amide bonds. The van der Waals surface area contributed by atoms with Gasteiger partial charge in [0, 0.05) is 6.42 Å². The molecule has 8 atom stereocenters. The number of allylic oxidation sites excluding steroid dienone is 5. The smallest absolute Gasteiger partial charge is 0.306 e. The molecule has 0 aromatic carbocycles. The van der Waals surface area contributed by atoms with Crippen molar-refractivity contribution in [1.82, 2.24) is 5.32 Å². The second kappa shape index (κ2) is 64.0. The van der Waals surface area contributed by atoms with Crippen LogP contribution in [0.2, 0.25) is 0 Å². The number of aliphatic hydroxyl groups is 5. The Bertz CT molecular complexity index is 1560. The first-order valence-electron chi connectivity index (χ1n) is 37.8. The van der Waals surface area contributed by atoms with Gasteiger partial charge in [0.05, 0.1) is 25.4 Å². The summed E-state index contributed by atoms with van der Waals surface area (Å²) in [7, 11) is 0. The fourth-order valence-corrected chi connectivity index (χ4v) is 12.1. The lowest BCUT2D eigenvalue weighted by atomic mass is 9.99. The third-order valence-electron chi connectivity index (χ3n) is 18.0. The second-order valence-electron chi connectivity index (χ2n) is 26.4. The molecule has 11 heteroatoms. The second-order valence-corrected chi connectivity index (χ2v) is 26.4. The van der Waals surface area contributed by atoms with Crippen LogP contribution in [0, 0.1) is 0 Å². The molecule has 1 rings (SSSR count). The molecular weight excluding hydrogens is 1090 g/mol. The summed E-state index contributed by atoms with van der Waals surface area (Å²) in [5.74, 6) is -1.18. The van der Waals surface area contributed by atoms with Crippen molar-refractivity contribution in [3.63, 3.8) is 0 Å². The molecule has 87 heavy (non-hydrogen) atoms. The SMILES string of the molecule is CCCCC/C=C\C/C=C\CCCCCCCCCCCCCCCC(=O)OC1C(OCC(NC(=O)C(O)CCCCCCCCCCCCCCCCCCCCCCCC)C(O)/C=C/CCCCCCCCCCCCC)OC(CO)C(O)C1O. The quantitative estimate of drug-likeness (QED) is 0.0195. The lowest BCUT2D eigenvalue weighted by Gasteiger charge is -2.41. The number of hydrogen-bond acceptors (Lipinski definition) is 10. The normalized spacial score (nSPS) is 18.4. The van der Waals surface area contributed by atoms with Crippen LogP contribution in [0.15, 0.2) is 36.5 Å². The first-order valence-corrected chi connectivity index (χ1v) is 37.8. The Morgan fingerprint density at radius 2 is 0.793 bits per heavy atom. The lowest BCUT2D eigenvalue weighted by molar-refractivity contribution is -0.305. The van der Waals surface area contributed by atoms with E-state index in [-0.39, 0.29) is 13.0 Å². The van der Waals surface area contributed by atoms with Gasteiger partial charge in [0.1, 0.15) is 24.4 Å². The molecule has 1 heterocycles. The van der Waals surface area contributed by atoms with Crippen molar-refractivity contribution >= 4 is 11.9 Å². The van der Waals surface area contributed by atoms with Gasteiger partial charge in [-0.1, -0.05) is 346 Å². The molecule has 1 aliphatic heterocycles. The zero-order chi connectivity index (χ0) is 63.1. The summed E-state index contributed by atoms with van der Waals surface area (Å²) >= 11 is 0. The van der Waals surface area contributed by atoms with E-state index in [0.717, 1.165) is 64.2 Å². The number of ether oxygens (including phenoxy) is 3. The summed E-state index contributed by atoms with van der Waals surface area (Å²) < 4.78 is 17.7. The Balaban J connectivity index is 2.55. The molecule has 512 valence electrons. The third kappa shape index (κ3) is 51.1. The molecule has 1 saturated heterocycles. The van der Waals surface area contributed by atoms with Crippen LogP contribution >= 0.6 is 0 Å². The van der Waals surface area contributed by atoms with Crippen LogP contribution in [0.5, 0.6) is 0 Å². The number of carbonyl (C=O) groups is 2. The van der Waals surface area contributed by atoms with E-state index in [9.17, 15) is 35.1 Å². The highest BCUT2D eigenvalue weighted by Crippen LogP contribution is 2.27. The molecule has 0 aliphatic carbocycles. The van der Waals surface area contributed by atoms with E-state index in [4.69, 9.17) is 14.2 Å². The van der Waals surface area contributed by atoms with Crippen LogP contribution in [-0.2, 0) is 23.8 Å². The van der Waals surface area contributed by atoms with Crippen molar-refractivity contribution in [2.45, 2.75) is 423 Å². The minimum absolute atomic E-state index is 0.126. The number of unbranched alkanes of at least 4 members (excludes halogenated alkanes) is 48. The largest absolute Gasteiger partial charge is 0.454 e. The fraction of sp³-hybridized carbons (Fsp3) is 0.895. The van der Waals surface area contributed by atoms with Gasteiger partial charge in [-0.15, -0.1) is 0 Å². The summed E-state index contributed by atoms with van der Waals surface area (Å²) in [5, 5.41) is 57.4. The van der Waals surface area contributed by atoms with Crippen molar-refractivity contribution in [2.75, 3.05) is 13.2 Å². The van der Waals surface area contributed by atoms with Crippen LogP contribution < -0.4 is 5.32 Å². The van der Waals surface area contributed by atoms with E-state index in [0.29, 0.717) is 19.3 Å². The highest BCUT2D eigenvalue weighted by Gasteiger charge is 2.47. The summed E-state index contributed by atoms with van der Waals surface area (Å²) in [5.41, 5.74) is 0. The molecule has 0 spiro atoms. The van der Waals surface area contributed by atoms with Crippen LogP contribution in [0.4, 0.5) is 0 Å². The summed E-state index contributed by atoms with van der Waals surface area (Å²) in [4.78, 5) is 26.7. The topological polar surface area (TPSA) is 175 Å². The number of rotatable bonds is 66. The Morgan fingerprint density at radius 1 is 0.448 bits per heavy atom. The van der Waals surface area contributed by atoms with Crippen molar-refractivity contribution in [2.24, 2.45) is 0 Å². The minimum atomic E-state index is -1.61. The van der Waals surface area contributed by atoms with Crippen LogP contribution in [0.1, 0.15) is 374 Å². The number of amides is 1. The van der Waals surface area contributed by atoms with Crippen LogP contribution in [-0.4, -0.2) is 99.6 Å². The molecular formula is C76H143NO10. The van der Waals surface area contributed by atoms with Gasteiger partial charge in [-0.05, 0) is 57.8 Å². The van der Waals surface area contributed by atoms with Gasteiger partial charge < -0.3 is 45.1 Å². The number of carbonyl (C=O) groups excluding carboxylic acids is 2. The molecule has 0 radical (unpaired) electrons. The van der Waals surface area contributed by atoms with Crippen LogP contribution in [0.25, 0.3) is 0 Å². The Kier molecular flexibility index (Phi) is 61.0. The highest BCUT2D eigenvalue weighted by molar-refractivity contribution is 5.80. The van der Waals surface area contributed by atoms with Crippen molar-refractivity contribution in [3.05, 3.63) is 36.5 Å². The predicted octanol–water partition coefficient (Wildman–Crippen LogP) is 19.7. The van der Waals surface area contributed by atoms with Gasteiger partial charge in [-0.2, -0.15) is 0 Å². The van der Waals surface area contributed by atoms with E-state index in [1.807, 2.05) is 6.08 Å². The van der Waals surface area contributed by atoms with Gasteiger partial charge in [0.25, 0.3) is 0 Å². The first kappa shape index (κ1) is 82.9. The molecule has 11 nitrogen and oxygen atoms in total. The molecule has 0 aromatic rings. The zero-order valence-corrected chi connectivity index (χ0v) is 57.2. The van der Waals surface area contributed by atoms with Gasteiger partial charge in [-0.25, -0.2) is 0 Å². The predicted molar refractivity (Wildman–Crippen MR) is 366 cm³/mol. The average molecular weight is 1230 g/mol. The lowest BCUT2D eigenvalue weighted by Crippen LogP contribution is -2.61. The van der Waals surface area contributed by atoms with E-state index in [1.165, 1.54) is 263 Å². The van der Waals surface area contributed by atoms with Crippen molar-refractivity contribution in [1.29, 1.82) is 0 Å². The number of aliphatic hydroxyl groups excluding tert-OH is 5. The maximum Gasteiger partial charge on any atom is 0.306 e. The summed E-state index contributed by atoms with van der Waals surface area (Å²) in [6, 6.07) is -1.02. The average Bonchev–Trinajstić information content (AvgIpc) is 2.32. The number of esters is 1. The van der Waals surface area contributed by atoms with Crippen molar-refractivity contribution < 1.29 is 49.3 Å².